The van der Waals surface area contributed by atoms with Crippen molar-refractivity contribution in [2.45, 2.75) is 102 Å². The van der Waals surface area contributed by atoms with E-state index in [1.54, 1.807) is 202 Å². The number of benzene rings is 8. The highest BCUT2D eigenvalue weighted by molar-refractivity contribution is 7.89. The smallest absolute Gasteiger partial charge is 0.252 e. The van der Waals surface area contributed by atoms with E-state index in [9.17, 15) is 0 Å². The van der Waals surface area contributed by atoms with E-state index in [-0.39, 0.29) is 104 Å². The fourth-order valence-corrected chi connectivity index (χ4v) is 14.8. The number of methoxy groups -OCH3 is 4. The number of carbonyl (C=O) groups excluding carboxylic acids is 2. The van der Waals surface area contributed by atoms with Crippen molar-refractivity contribution in [3.8, 4) is 23.0 Å². The maximum atomic E-state index is 16.4. The third kappa shape index (κ3) is 14.9. The Morgan fingerprint density at radius 3 is 1.44 bits per heavy atom. The highest BCUT2D eigenvalue weighted by atomic mass is 35.5. The van der Waals surface area contributed by atoms with Gasteiger partial charge in [0, 0.05) is 70.1 Å². The van der Waals surface area contributed by atoms with Gasteiger partial charge in [-0.1, -0.05) is 136 Å². The Bertz CT molecular complexity index is 4470. The average molecular weight is 1350 g/mol. The third-order valence-corrected chi connectivity index (χ3v) is 21.5. The van der Waals surface area contributed by atoms with Crippen LogP contribution in [0.15, 0.2) is 192 Å². The van der Waals surface area contributed by atoms with Gasteiger partial charge < -0.3 is 24.3 Å². The second-order valence-corrected chi connectivity index (χ2v) is 28.5. The van der Waals surface area contributed by atoms with Crippen LogP contribution in [0.5, 0.6) is 23.0 Å². The van der Waals surface area contributed by atoms with Crippen LogP contribution in [0.2, 0.25) is 10.0 Å². The highest BCUT2D eigenvalue weighted by Crippen LogP contribution is 2.41. The first-order chi connectivity index (χ1) is 45.0. The molecule has 18 nitrogen and oxygen atoms in total. The minimum Gasteiger partial charge on any atom is -0.497 e. The fraction of sp³-hybridized carbons (Fsp3) is 0.278. The van der Waals surface area contributed by atoms with Crippen molar-refractivity contribution in [1.29, 1.82) is 0 Å². The van der Waals surface area contributed by atoms with Crippen molar-refractivity contribution in [2.24, 2.45) is 11.8 Å². The minimum atomic E-state index is -4.66. The number of aromatic nitrogens is 4. The summed E-state index contributed by atoms with van der Waals surface area (Å²) in [4.78, 5) is 33.3. The number of carbonyl (C=O) groups is 2. The number of hydrogen-bond donors (Lipinski definition) is 1. The molecule has 0 saturated carbocycles. The number of ether oxygens (including phenoxy) is 4. The lowest BCUT2D eigenvalue weighted by atomic mass is 10.0. The van der Waals surface area contributed by atoms with Gasteiger partial charge in [-0.05, 0) is 138 Å². The lowest BCUT2D eigenvalue weighted by Crippen LogP contribution is -2.42. The van der Waals surface area contributed by atoms with Crippen LogP contribution in [0.4, 0.5) is 11.4 Å². The summed E-state index contributed by atoms with van der Waals surface area (Å²) < 4.78 is 92.3. The summed E-state index contributed by atoms with van der Waals surface area (Å²) in [6, 6.07) is 45.6. The molecule has 2 amide bonds. The van der Waals surface area contributed by atoms with Crippen LogP contribution in [-0.2, 0) is 62.2 Å². The molecule has 94 heavy (non-hydrogen) atoms. The Morgan fingerprint density at radius 2 is 0.989 bits per heavy atom. The molecule has 1 N–H and O–H groups in total. The Kier molecular flexibility index (Phi) is 21.2. The molecule has 3 unspecified atom stereocenters. The molecule has 3 atom stereocenters. The zero-order valence-electron chi connectivity index (χ0n) is 54.0. The lowest BCUT2D eigenvalue weighted by molar-refractivity contribution is -0.123. The van der Waals surface area contributed by atoms with Crippen LogP contribution in [0, 0.1) is 11.8 Å². The summed E-state index contributed by atoms with van der Waals surface area (Å²) in [5, 5.41) is 13.8. The molecule has 2 aromatic heterocycles. The maximum Gasteiger partial charge on any atom is 0.252 e. The molecule has 0 saturated heterocycles. The molecular formula is C72H76Cl2N8O10S2. The number of halogens is 2. The van der Waals surface area contributed by atoms with E-state index in [1.165, 1.54) is 31.8 Å². The summed E-state index contributed by atoms with van der Waals surface area (Å²) in [7, 11) is -3.00. The van der Waals surface area contributed by atoms with E-state index in [2.05, 4.69) is 5.32 Å². The topological polar surface area (TPSA) is 197 Å². The quantitative estimate of drug-likeness (QED) is 0.0512. The number of fused-ring (bicyclic) bond motifs is 2. The first-order valence-corrected chi connectivity index (χ1v) is 34.3. The summed E-state index contributed by atoms with van der Waals surface area (Å²) in [5.74, 6) is 0.890. The van der Waals surface area contributed by atoms with Crippen molar-refractivity contribution in [3.05, 3.63) is 226 Å². The van der Waals surface area contributed by atoms with Crippen LogP contribution in [-0.4, -0.2) is 85.3 Å². The second kappa shape index (κ2) is 29.3. The van der Waals surface area contributed by atoms with Crippen LogP contribution in [0.1, 0.15) is 93.0 Å². The van der Waals surface area contributed by atoms with E-state index < -0.39 is 37.9 Å². The highest BCUT2D eigenvalue weighted by Gasteiger charge is 2.39. The molecule has 0 spiro atoms. The Hall–Kier alpha value is -8.76. The zero-order valence-corrected chi connectivity index (χ0v) is 57.2. The summed E-state index contributed by atoms with van der Waals surface area (Å²) in [5.41, 5.74) is 3.80. The number of nitrogens with one attached hydrogen (secondary N) is 1. The summed E-state index contributed by atoms with van der Waals surface area (Å²) >= 11 is 14.1. The first kappa shape index (κ1) is 68.1. The molecule has 22 heteroatoms. The monoisotopic (exact) mass is 1350 g/mol. The molecule has 0 fully saturated rings. The third-order valence-electron chi connectivity index (χ3n) is 17.1. The number of hydrogen-bond acceptors (Lipinski definition) is 12. The molecule has 0 bridgehead atoms. The Balaban J connectivity index is 1.18. The van der Waals surface area contributed by atoms with Crippen LogP contribution in [0.3, 0.4) is 0 Å². The molecule has 2 heterocycles. The molecule has 10 aromatic rings. The van der Waals surface area contributed by atoms with Crippen molar-refractivity contribution < 1.29 is 45.4 Å². The molecule has 0 aliphatic heterocycles. The normalized spacial score (nSPS) is 13.0. The van der Waals surface area contributed by atoms with Crippen LogP contribution >= 0.6 is 23.2 Å². The van der Waals surface area contributed by atoms with Crippen molar-refractivity contribution in [3.63, 3.8) is 0 Å². The van der Waals surface area contributed by atoms with E-state index in [0.29, 0.717) is 61.7 Å². The predicted octanol–water partition coefficient (Wildman–Crippen LogP) is 14.9. The molecular weight excluding hydrogens is 1270 g/mol. The molecule has 0 aliphatic carbocycles. The number of anilines is 2. The van der Waals surface area contributed by atoms with Gasteiger partial charge in [-0.3, -0.25) is 23.9 Å². The van der Waals surface area contributed by atoms with E-state index in [1.807, 2.05) is 41.5 Å². The first-order valence-electron chi connectivity index (χ1n) is 30.7. The second-order valence-electron chi connectivity index (χ2n) is 23.8. The van der Waals surface area contributed by atoms with Gasteiger partial charge in [0.1, 0.15) is 29.0 Å². The fourth-order valence-electron chi connectivity index (χ4n) is 11.1. The SMILES string of the molecule is COc1ccc(CN(Cc2ccc(OC)cc2)S(=O)(=O)c2cc(N(C(=O)Cc3ccccc3Cl)C(C(=O)Nc3cc(S(=O)(=O)N(Cc4ccc(OC)cc4)Cc4ccc(OC)cc4)c4cnn(C(C)C(C)C)c4c3)c3ccccc3Cl)cc3nn(C(C)C(C)C)cc23)cc1. The van der Waals surface area contributed by atoms with Crippen molar-refractivity contribution in [1.82, 2.24) is 28.2 Å². The van der Waals surface area contributed by atoms with Gasteiger partial charge in [0.25, 0.3) is 5.91 Å². The maximum absolute atomic E-state index is 16.4. The number of nitrogens with zero attached hydrogens (tertiary/aromatic N) is 7. The largest absolute Gasteiger partial charge is 0.497 e. The summed E-state index contributed by atoms with van der Waals surface area (Å²) in [6.07, 6.45) is 2.84. The van der Waals surface area contributed by atoms with Gasteiger partial charge in [0.15, 0.2) is 0 Å². The molecule has 490 valence electrons. The van der Waals surface area contributed by atoms with E-state index in [0.717, 1.165) is 0 Å². The van der Waals surface area contributed by atoms with Crippen LogP contribution < -0.4 is 29.2 Å². The standard InChI is InChI=1S/C72H76Cl2N8O10S2/c1-46(2)48(5)80-45-63-66(77-80)38-56(39-69(63)94(87,88)79(43-52-23-31-59(91-9)32-24-52)44-53-25-33-60(92-10)34-26-53)81(70(83)35-54-15-11-13-17-64(54)73)71(61-16-12-14-18-65(61)74)72(84)76-55-36-67-62(40-75-82(67)49(6)47(3)4)68(37-55)93(85,86)78(41-50-19-27-57(89-7)28-20-50)42-51-21-29-58(90-8)30-22-51/h11-34,36-40,45-49,71H,35,41-44H2,1-10H3,(H,76,84). The number of amides is 2. The van der Waals surface area contributed by atoms with Gasteiger partial charge in [-0.25, -0.2) is 16.8 Å². The Morgan fingerprint density at radius 1 is 0.543 bits per heavy atom. The molecule has 0 aliphatic rings. The minimum absolute atomic E-state index is 0.0216. The van der Waals surface area contributed by atoms with Gasteiger partial charge >= 0.3 is 0 Å². The Labute approximate surface area is 559 Å². The number of sulfonamides is 2. The summed E-state index contributed by atoms with van der Waals surface area (Å²) in [6.45, 7) is 11.7. The van der Waals surface area contributed by atoms with Gasteiger partial charge in [0.2, 0.25) is 26.0 Å². The van der Waals surface area contributed by atoms with Gasteiger partial charge in [-0.15, -0.1) is 0 Å². The van der Waals surface area contributed by atoms with Gasteiger partial charge in [0.05, 0.1) is 74.0 Å². The average Bonchev–Trinajstić information content (AvgIpc) is 1.74. The van der Waals surface area contributed by atoms with E-state index in [4.69, 9.17) is 52.3 Å². The molecule has 10 rings (SSSR count). The zero-order chi connectivity index (χ0) is 67.2. The molecule has 0 radical (unpaired) electrons. The molecule has 8 aromatic carbocycles. The predicted molar refractivity (Wildman–Crippen MR) is 369 cm³/mol. The van der Waals surface area contributed by atoms with Gasteiger partial charge in [-0.2, -0.15) is 18.8 Å². The van der Waals surface area contributed by atoms with E-state index >= 15 is 26.4 Å². The lowest BCUT2D eigenvalue weighted by Gasteiger charge is -2.33. The van der Waals surface area contributed by atoms with Crippen molar-refractivity contribution >= 4 is 88.2 Å². The number of rotatable bonds is 27. The van der Waals surface area contributed by atoms with Crippen LogP contribution in [0.25, 0.3) is 21.8 Å². The van der Waals surface area contributed by atoms with Crippen molar-refractivity contribution in [2.75, 3.05) is 38.7 Å².